The van der Waals surface area contributed by atoms with Crippen LogP contribution in [0.1, 0.15) is 198 Å². The second-order valence-electron chi connectivity index (χ2n) is 19.0. The second kappa shape index (κ2) is 20.2. The molecule has 4 heteroatoms. The number of hydrogen-bond acceptors (Lipinski definition) is 4. The molecule has 0 spiro atoms. The molecule has 3 aliphatic carbocycles. The van der Waals surface area contributed by atoms with Gasteiger partial charge < -0.3 is 0 Å². The van der Waals surface area contributed by atoms with Crippen LogP contribution >= 0.6 is 22.7 Å². The molecule has 0 aliphatic heterocycles. The molecule has 0 radical (unpaired) electrons. The summed E-state index contributed by atoms with van der Waals surface area (Å²) in [7, 11) is 0. The summed E-state index contributed by atoms with van der Waals surface area (Å²) >= 11 is 3.44. The Balaban J connectivity index is 1.07. The van der Waals surface area contributed by atoms with Crippen molar-refractivity contribution in [2.24, 2.45) is 0 Å². The van der Waals surface area contributed by atoms with Gasteiger partial charge in [-0.05, 0) is 128 Å². The molecule has 0 fully saturated rings. The van der Waals surface area contributed by atoms with Crippen molar-refractivity contribution in [1.29, 1.82) is 0 Å². The minimum absolute atomic E-state index is 0.121. The minimum Gasteiger partial charge on any atom is -0.289 e. The van der Waals surface area contributed by atoms with E-state index in [1.165, 1.54) is 160 Å². The molecule has 0 saturated heterocycles. The smallest absolute Gasteiger partial charge is 0.194 e. The molecule has 0 N–H and O–H groups in total. The number of carbonyl (C=O) groups excluding carboxylic acids is 2. The molecule has 326 valence electrons. The molecule has 9 rings (SSSR count). The number of carbonyl (C=O) groups is 2. The van der Waals surface area contributed by atoms with Crippen LogP contribution in [0.2, 0.25) is 0 Å². The number of hydrogen-bond donors (Lipinski definition) is 0. The van der Waals surface area contributed by atoms with Crippen molar-refractivity contribution in [2.75, 3.05) is 0 Å². The van der Waals surface area contributed by atoms with Gasteiger partial charge in [-0.3, -0.25) is 9.59 Å². The summed E-state index contributed by atoms with van der Waals surface area (Å²) in [5.41, 5.74) is 14.7. The molecule has 3 aliphatic rings. The Kier molecular flexibility index (Phi) is 14.1. The van der Waals surface area contributed by atoms with Crippen LogP contribution < -0.4 is 0 Å². The van der Waals surface area contributed by atoms with Gasteiger partial charge >= 0.3 is 0 Å². The van der Waals surface area contributed by atoms with Gasteiger partial charge in [0, 0.05) is 37.4 Å². The molecule has 6 aromatic rings. The van der Waals surface area contributed by atoms with Gasteiger partial charge in [0.15, 0.2) is 11.6 Å². The van der Waals surface area contributed by atoms with E-state index in [0.29, 0.717) is 0 Å². The summed E-state index contributed by atoms with van der Waals surface area (Å²) in [6, 6.07) is 30.9. The van der Waals surface area contributed by atoms with Gasteiger partial charge in [0.25, 0.3) is 0 Å². The highest BCUT2D eigenvalue weighted by molar-refractivity contribution is 7.13. The van der Waals surface area contributed by atoms with Gasteiger partial charge in [0.1, 0.15) is 0 Å². The predicted octanol–water partition coefficient (Wildman–Crippen LogP) is 18.5. The monoisotopic (exact) mass is 870 g/mol. The molecule has 0 unspecified atom stereocenters. The summed E-state index contributed by atoms with van der Waals surface area (Å²) in [5, 5.41) is 4.21. The summed E-state index contributed by atoms with van der Waals surface area (Å²) in [5.74, 6) is 0.241. The van der Waals surface area contributed by atoms with Crippen molar-refractivity contribution in [2.45, 2.75) is 161 Å². The van der Waals surface area contributed by atoms with Crippen LogP contribution in [0.5, 0.6) is 0 Å². The lowest BCUT2D eigenvalue weighted by Crippen LogP contribution is -2.26. The Morgan fingerprint density at radius 3 is 1.10 bits per heavy atom. The highest BCUT2D eigenvalue weighted by Gasteiger charge is 2.46. The van der Waals surface area contributed by atoms with E-state index < -0.39 is 0 Å². The topological polar surface area (TPSA) is 34.1 Å². The number of ketones is 2. The number of fused-ring (bicyclic) bond motifs is 9. The van der Waals surface area contributed by atoms with Crippen LogP contribution in [0, 0.1) is 0 Å². The van der Waals surface area contributed by atoms with Crippen molar-refractivity contribution in [1.82, 2.24) is 0 Å². The number of unbranched alkanes of at least 4 members (excludes halogenated alkanes) is 18. The lowest BCUT2D eigenvalue weighted by Gasteiger charge is -2.33. The molecule has 4 aromatic carbocycles. The first kappa shape index (κ1) is 43.9. The highest BCUT2D eigenvalue weighted by Crippen LogP contribution is 2.59. The SMILES string of the molecule is CCCCCCCCCCCCC1(CCCCCCCCCCCC)c2cc3c(cc2-c2cc4c(cc21)-c1ccc(-c2cccs2)cc1C4=O)C(=O)c1cc(-c2cccs2)ccc1-3. The van der Waals surface area contributed by atoms with Gasteiger partial charge in [-0.15, -0.1) is 22.7 Å². The fraction of sp³-hybridized carbons (Fsp3) is 0.424. The standard InChI is InChI=1S/C59H66O2S2/c1-3-5-7-9-11-13-15-17-19-21-31-59(32-22-20-18-16-14-12-10-8-6-4-2)53-39-45-43-29-27-41(55-25-23-33-62-55)35-49(43)57(60)51(45)37-47(53)48-38-52-46(40-54(48)59)44-30-28-42(36-50(44)58(52)61)56-26-24-34-63-56/h23-30,33-40H,3-22,31-32H2,1-2H3. The van der Waals surface area contributed by atoms with E-state index in [2.05, 4.69) is 110 Å². The van der Waals surface area contributed by atoms with E-state index in [0.717, 1.165) is 68.5 Å². The van der Waals surface area contributed by atoms with E-state index in [1.807, 2.05) is 0 Å². The Hall–Kier alpha value is -4.38. The first-order valence-electron chi connectivity index (χ1n) is 24.9. The van der Waals surface area contributed by atoms with Crippen LogP contribution in [0.3, 0.4) is 0 Å². The normalized spacial score (nSPS) is 13.9. The van der Waals surface area contributed by atoms with Gasteiger partial charge in [-0.2, -0.15) is 0 Å². The van der Waals surface area contributed by atoms with Crippen LogP contribution in [0.15, 0.2) is 95.7 Å². The Bertz CT molecular complexity index is 2360. The van der Waals surface area contributed by atoms with Gasteiger partial charge in [-0.25, -0.2) is 0 Å². The number of rotatable bonds is 24. The van der Waals surface area contributed by atoms with E-state index in [-0.39, 0.29) is 17.0 Å². The van der Waals surface area contributed by atoms with Crippen molar-refractivity contribution >= 4 is 34.2 Å². The average molecular weight is 871 g/mol. The van der Waals surface area contributed by atoms with Crippen LogP contribution in [-0.2, 0) is 5.41 Å². The maximum atomic E-state index is 14.5. The lowest BCUT2D eigenvalue weighted by atomic mass is 9.69. The van der Waals surface area contributed by atoms with E-state index >= 15 is 0 Å². The molecular weight excluding hydrogens is 805 g/mol. The highest BCUT2D eigenvalue weighted by atomic mass is 32.1. The Morgan fingerprint density at radius 2 is 0.730 bits per heavy atom. The quantitative estimate of drug-likeness (QED) is 0.0567. The largest absolute Gasteiger partial charge is 0.289 e. The fourth-order valence-corrected chi connectivity index (χ4v) is 12.8. The molecule has 0 bridgehead atoms. The van der Waals surface area contributed by atoms with Gasteiger partial charge in [-0.1, -0.05) is 179 Å². The van der Waals surface area contributed by atoms with Crippen LogP contribution in [-0.4, -0.2) is 11.6 Å². The Morgan fingerprint density at radius 1 is 0.365 bits per heavy atom. The minimum atomic E-state index is -0.180. The summed E-state index contributed by atoms with van der Waals surface area (Å²) in [6.45, 7) is 4.59. The molecule has 0 saturated carbocycles. The van der Waals surface area contributed by atoms with Gasteiger partial charge in [0.05, 0.1) is 0 Å². The zero-order valence-corrected chi connectivity index (χ0v) is 39.6. The van der Waals surface area contributed by atoms with E-state index in [9.17, 15) is 9.59 Å². The molecule has 63 heavy (non-hydrogen) atoms. The maximum absolute atomic E-state index is 14.5. The summed E-state index contributed by atoms with van der Waals surface area (Å²) < 4.78 is 0. The molecule has 2 heterocycles. The zero-order valence-electron chi connectivity index (χ0n) is 37.9. The number of thiophene rings is 2. The van der Waals surface area contributed by atoms with Crippen molar-refractivity contribution in [3.05, 3.63) is 129 Å². The zero-order chi connectivity index (χ0) is 43.2. The number of benzene rings is 4. The third-order valence-corrected chi connectivity index (χ3v) is 16.6. The summed E-state index contributed by atoms with van der Waals surface area (Å²) in [4.78, 5) is 31.4. The van der Waals surface area contributed by atoms with Crippen LogP contribution in [0.4, 0.5) is 0 Å². The third-order valence-electron chi connectivity index (χ3n) is 14.8. The first-order chi connectivity index (χ1) is 31.0. The van der Waals surface area contributed by atoms with Crippen LogP contribution in [0.25, 0.3) is 54.3 Å². The molecular formula is C59H66O2S2. The second-order valence-corrected chi connectivity index (χ2v) is 20.9. The van der Waals surface area contributed by atoms with Crippen molar-refractivity contribution in [3.8, 4) is 54.3 Å². The van der Waals surface area contributed by atoms with Crippen molar-refractivity contribution in [3.63, 3.8) is 0 Å². The van der Waals surface area contributed by atoms with Gasteiger partial charge in [0.2, 0.25) is 0 Å². The Labute approximate surface area is 385 Å². The van der Waals surface area contributed by atoms with Crippen molar-refractivity contribution < 1.29 is 9.59 Å². The third kappa shape index (κ3) is 8.89. The fourth-order valence-electron chi connectivity index (χ4n) is 11.3. The molecule has 2 aromatic heterocycles. The molecule has 0 amide bonds. The molecule has 0 atom stereocenters. The lowest BCUT2D eigenvalue weighted by molar-refractivity contribution is 0.103. The average Bonchev–Trinajstić information content (AvgIpc) is 4.17. The predicted molar refractivity (Wildman–Crippen MR) is 270 cm³/mol. The molecule has 2 nitrogen and oxygen atoms in total. The maximum Gasteiger partial charge on any atom is 0.194 e. The summed E-state index contributed by atoms with van der Waals surface area (Å²) in [6.07, 6.45) is 28.5. The van der Waals surface area contributed by atoms with E-state index in [1.54, 1.807) is 22.7 Å². The first-order valence-corrected chi connectivity index (χ1v) is 26.6. The van der Waals surface area contributed by atoms with E-state index in [4.69, 9.17) is 0 Å².